The van der Waals surface area contributed by atoms with Crippen molar-refractivity contribution in [2.45, 2.75) is 25.2 Å². The van der Waals surface area contributed by atoms with E-state index in [1.54, 1.807) is 0 Å². The fraction of sp³-hybridized carbons (Fsp3) is 0.571. The molecule has 0 bridgehead atoms. The van der Waals surface area contributed by atoms with Gasteiger partial charge in [0.2, 0.25) is 0 Å². The van der Waals surface area contributed by atoms with E-state index in [1.807, 2.05) is 0 Å². The predicted octanol–water partition coefficient (Wildman–Crippen LogP) is 3.28. The predicted molar refractivity (Wildman–Crippen MR) is 70.3 cm³/mol. The molecule has 1 aliphatic rings. The SMILES string of the molecule is CN1CCCC(c2cccc(CCCl)c2)C1. The third kappa shape index (κ3) is 2.99. The minimum absolute atomic E-state index is 0.716. The number of piperidine rings is 1. The molecule has 1 atom stereocenters. The van der Waals surface area contributed by atoms with E-state index in [1.165, 1.54) is 37.1 Å². The summed E-state index contributed by atoms with van der Waals surface area (Å²) in [6.45, 7) is 2.45. The van der Waals surface area contributed by atoms with Gasteiger partial charge in [-0.15, -0.1) is 11.6 Å². The standard InChI is InChI=1S/C14H20ClN/c1-16-9-3-6-14(11-16)13-5-2-4-12(10-13)7-8-15/h2,4-5,10,14H,3,6-9,11H2,1H3. The lowest BCUT2D eigenvalue weighted by molar-refractivity contribution is 0.251. The first-order valence-electron chi connectivity index (χ1n) is 6.13. The molecule has 0 aliphatic carbocycles. The van der Waals surface area contributed by atoms with Crippen LogP contribution in [-0.2, 0) is 6.42 Å². The lowest BCUT2D eigenvalue weighted by Gasteiger charge is -2.30. The molecule has 0 saturated carbocycles. The normalized spacial score (nSPS) is 22.2. The van der Waals surface area contributed by atoms with Crippen molar-refractivity contribution in [2.75, 3.05) is 26.0 Å². The van der Waals surface area contributed by atoms with Gasteiger partial charge in [-0.1, -0.05) is 24.3 Å². The van der Waals surface area contributed by atoms with Crippen LogP contribution in [0.15, 0.2) is 24.3 Å². The van der Waals surface area contributed by atoms with Gasteiger partial charge < -0.3 is 4.90 Å². The van der Waals surface area contributed by atoms with Crippen LogP contribution in [0.1, 0.15) is 29.9 Å². The smallest absolute Gasteiger partial charge is 0.0263 e. The molecule has 1 heterocycles. The van der Waals surface area contributed by atoms with Crippen molar-refractivity contribution in [3.05, 3.63) is 35.4 Å². The van der Waals surface area contributed by atoms with Crippen molar-refractivity contribution in [3.63, 3.8) is 0 Å². The molecule has 0 N–H and O–H groups in total. The number of nitrogens with zero attached hydrogens (tertiary/aromatic N) is 1. The fourth-order valence-electron chi connectivity index (χ4n) is 2.55. The van der Waals surface area contributed by atoms with Crippen molar-refractivity contribution < 1.29 is 0 Å². The van der Waals surface area contributed by atoms with Crippen molar-refractivity contribution in [2.24, 2.45) is 0 Å². The maximum atomic E-state index is 5.79. The van der Waals surface area contributed by atoms with Crippen LogP contribution < -0.4 is 0 Å². The summed E-state index contributed by atoms with van der Waals surface area (Å²) >= 11 is 5.79. The minimum atomic E-state index is 0.716. The molecule has 1 saturated heterocycles. The summed E-state index contributed by atoms with van der Waals surface area (Å²) in [6.07, 6.45) is 3.63. The van der Waals surface area contributed by atoms with E-state index >= 15 is 0 Å². The number of benzene rings is 1. The van der Waals surface area contributed by atoms with E-state index in [-0.39, 0.29) is 0 Å². The van der Waals surface area contributed by atoms with Crippen LogP contribution in [0.5, 0.6) is 0 Å². The van der Waals surface area contributed by atoms with Crippen LogP contribution in [0.4, 0.5) is 0 Å². The van der Waals surface area contributed by atoms with E-state index in [9.17, 15) is 0 Å². The van der Waals surface area contributed by atoms with Crippen molar-refractivity contribution >= 4 is 11.6 Å². The number of hydrogen-bond acceptors (Lipinski definition) is 1. The monoisotopic (exact) mass is 237 g/mol. The maximum absolute atomic E-state index is 5.79. The lowest BCUT2D eigenvalue weighted by atomic mass is 9.90. The third-order valence-electron chi connectivity index (χ3n) is 3.43. The number of hydrogen-bond donors (Lipinski definition) is 0. The van der Waals surface area contributed by atoms with Gasteiger partial charge in [-0.05, 0) is 49.9 Å². The van der Waals surface area contributed by atoms with Crippen LogP contribution in [0, 0.1) is 0 Å². The second-order valence-electron chi connectivity index (χ2n) is 4.79. The van der Waals surface area contributed by atoms with Gasteiger partial charge in [0, 0.05) is 12.4 Å². The lowest BCUT2D eigenvalue weighted by Crippen LogP contribution is -2.30. The maximum Gasteiger partial charge on any atom is 0.0263 e. The fourth-order valence-corrected chi connectivity index (χ4v) is 2.77. The average Bonchev–Trinajstić information content (AvgIpc) is 2.30. The summed E-state index contributed by atoms with van der Waals surface area (Å²) in [6, 6.07) is 8.96. The number of likely N-dealkylation sites (tertiary alicyclic amines) is 1. The molecule has 88 valence electrons. The van der Waals surface area contributed by atoms with Crippen molar-refractivity contribution in [3.8, 4) is 0 Å². The van der Waals surface area contributed by atoms with Crippen LogP contribution in [0.3, 0.4) is 0 Å². The molecule has 2 rings (SSSR count). The number of likely N-dealkylation sites (N-methyl/N-ethyl adjacent to an activating group) is 1. The highest BCUT2D eigenvalue weighted by Crippen LogP contribution is 2.26. The molecule has 16 heavy (non-hydrogen) atoms. The molecule has 1 aromatic carbocycles. The Morgan fingerprint density at radius 2 is 2.31 bits per heavy atom. The molecule has 1 fully saturated rings. The molecule has 0 aromatic heterocycles. The second kappa shape index (κ2) is 5.70. The molecule has 0 radical (unpaired) electrons. The first kappa shape index (κ1) is 11.9. The van der Waals surface area contributed by atoms with Gasteiger partial charge in [-0.3, -0.25) is 0 Å². The molecule has 0 spiro atoms. The Morgan fingerprint density at radius 3 is 3.06 bits per heavy atom. The highest BCUT2D eigenvalue weighted by Gasteiger charge is 2.18. The number of aryl methyl sites for hydroxylation is 1. The Morgan fingerprint density at radius 1 is 1.44 bits per heavy atom. The summed E-state index contributed by atoms with van der Waals surface area (Å²) in [4.78, 5) is 2.43. The summed E-state index contributed by atoms with van der Waals surface area (Å²) in [7, 11) is 2.22. The van der Waals surface area contributed by atoms with Crippen LogP contribution >= 0.6 is 11.6 Å². The average molecular weight is 238 g/mol. The van der Waals surface area contributed by atoms with E-state index in [0.717, 1.165) is 6.42 Å². The first-order chi connectivity index (χ1) is 7.79. The number of rotatable bonds is 3. The Balaban J connectivity index is 2.09. The Hall–Kier alpha value is -0.530. The van der Waals surface area contributed by atoms with Gasteiger partial charge >= 0.3 is 0 Å². The van der Waals surface area contributed by atoms with E-state index < -0.39 is 0 Å². The summed E-state index contributed by atoms with van der Waals surface area (Å²) in [5, 5.41) is 0. The molecule has 1 aromatic rings. The molecular formula is C14H20ClN. The molecule has 0 amide bonds. The Kier molecular flexibility index (Phi) is 4.25. The molecule has 2 heteroatoms. The van der Waals surface area contributed by atoms with Gasteiger partial charge in [0.05, 0.1) is 0 Å². The van der Waals surface area contributed by atoms with Gasteiger partial charge in [-0.25, -0.2) is 0 Å². The summed E-state index contributed by atoms with van der Waals surface area (Å²) in [5.74, 6) is 1.43. The van der Waals surface area contributed by atoms with Gasteiger partial charge in [0.15, 0.2) is 0 Å². The van der Waals surface area contributed by atoms with Gasteiger partial charge in [0.1, 0.15) is 0 Å². The van der Waals surface area contributed by atoms with E-state index in [4.69, 9.17) is 11.6 Å². The minimum Gasteiger partial charge on any atom is -0.306 e. The quantitative estimate of drug-likeness (QED) is 0.730. The van der Waals surface area contributed by atoms with Crippen LogP contribution in [0.2, 0.25) is 0 Å². The van der Waals surface area contributed by atoms with Crippen molar-refractivity contribution in [1.82, 2.24) is 4.90 Å². The molecule has 1 aliphatic heterocycles. The molecule has 1 nitrogen and oxygen atoms in total. The Labute approximate surface area is 103 Å². The zero-order valence-electron chi connectivity index (χ0n) is 9.95. The zero-order valence-corrected chi connectivity index (χ0v) is 10.7. The summed E-state index contributed by atoms with van der Waals surface area (Å²) in [5.41, 5.74) is 2.87. The largest absolute Gasteiger partial charge is 0.306 e. The van der Waals surface area contributed by atoms with E-state index in [0.29, 0.717) is 11.8 Å². The topological polar surface area (TPSA) is 3.24 Å². The van der Waals surface area contributed by atoms with Gasteiger partial charge in [0.25, 0.3) is 0 Å². The Bertz CT molecular complexity index is 337. The third-order valence-corrected chi connectivity index (χ3v) is 3.62. The first-order valence-corrected chi connectivity index (χ1v) is 6.66. The second-order valence-corrected chi connectivity index (χ2v) is 5.16. The zero-order chi connectivity index (χ0) is 11.4. The van der Waals surface area contributed by atoms with Gasteiger partial charge in [-0.2, -0.15) is 0 Å². The molecule has 1 unspecified atom stereocenters. The number of alkyl halides is 1. The van der Waals surface area contributed by atoms with Crippen LogP contribution in [0.25, 0.3) is 0 Å². The van der Waals surface area contributed by atoms with Crippen LogP contribution in [-0.4, -0.2) is 30.9 Å². The highest BCUT2D eigenvalue weighted by molar-refractivity contribution is 6.17. The van der Waals surface area contributed by atoms with E-state index in [2.05, 4.69) is 36.2 Å². The number of halogens is 1. The molecular weight excluding hydrogens is 218 g/mol. The van der Waals surface area contributed by atoms with Crippen molar-refractivity contribution in [1.29, 1.82) is 0 Å². The highest BCUT2D eigenvalue weighted by atomic mass is 35.5. The summed E-state index contributed by atoms with van der Waals surface area (Å²) < 4.78 is 0.